The van der Waals surface area contributed by atoms with Crippen molar-refractivity contribution in [1.82, 2.24) is 9.97 Å². The summed E-state index contributed by atoms with van der Waals surface area (Å²) in [6.07, 6.45) is -3.10. The summed E-state index contributed by atoms with van der Waals surface area (Å²) >= 11 is 0. The Morgan fingerprint density at radius 2 is 1.85 bits per heavy atom. The number of alkyl halides is 3. The third kappa shape index (κ3) is 4.80. The highest BCUT2D eigenvalue weighted by atomic mass is 19.4. The summed E-state index contributed by atoms with van der Waals surface area (Å²) in [5, 5.41) is 3.52. The second-order valence-corrected chi connectivity index (χ2v) is 7.99. The van der Waals surface area contributed by atoms with Gasteiger partial charge in [-0.05, 0) is 31.9 Å². The van der Waals surface area contributed by atoms with Crippen LogP contribution in [0.25, 0.3) is 10.9 Å². The van der Waals surface area contributed by atoms with Crippen molar-refractivity contribution in [1.29, 1.82) is 0 Å². The summed E-state index contributed by atoms with van der Waals surface area (Å²) in [7, 11) is 3.13. The summed E-state index contributed by atoms with van der Waals surface area (Å²) < 4.78 is 70.5. The van der Waals surface area contributed by atoms with Crippen LogP contribution in [0.4, 0.5) is 23.4 Å². The monoisotopic (exact) mass is 465 g/mol. The average Bonchev–Trinajstić information content (AvgIpc) is 3.51. The van der Waals surface area contributed by atoms with Gasteiger partial charge in [0.15, 0.2) is 11.5 Å². The number of hydrogen-bond donors (Lipinski definition) is 1. The topological polar surface area (TPSA) is 65.5 Å². The van der Waals surface area contributed by atoms with Crippen molar-refractivity contribution in [3.8, 4) is 11.5 Å². The van der Waals surface area contributed by atoms with Gasteiger partial charge in [0, 0.05) is 30.7 Å². The minimum atomic E-state index is -4.78. The van der Waals surface area contributed by atoms with Gasteiger partial charge in [0.1, 0.15) is 23.1 Å². The number of rotatable bonds is 8. The van der Waals surface area contributed by atoms with Gasteiger partial charge in [-0.25, -0.2) is 14.4 Å². The summed E-state index contributed by atoms with van der Waals surface area (Å²) in [4.78, 5) is 8.79. The number of halogens is 4. The highest BCUT2D eigenvalue weighted by Crippen LogP contribution is 2.44. The van der Waals surface area contributed by atoms with E-state index in [1.54, 1.807) is 26.2 Å². The molecule has 1 aliphatic carbocycles. The first-order chi connectivity index (χ1) is 15.7. The van der Waals surface area contributed by atoms with E-state index in [1.165, 1.54) is 19.2 Å². The van der Waals surface area contributed by atoms with Crippen LogP contribution < -0.4 is 14.8 Å². The predicted molar refractivity (Wildman–Crippen MR) is 114 cm³/mol. The Balaban J connectivity index is 1.69. The molecule has 0 bridgehead atoms. The summed E-state index contributed by atoms with van der Waals surface area (Å²) in [5.74, 6) is 0.424. The smallest absolute Gasteiger partial charge is 0.419 e. The number of hydrogen-bond acceptors (Lipinski definition) is 6. The Morgan fingerprint density at radius 3 is 2.48 bits per heavy atom. The van der Waals surface area contributed by atoms with Crippen molar-refractivity contribution < 1.29 is 31.8 Å². The van der Waals surface area contributed by atoms with Crippen molar-refractivity contribution in [3.05, 3.63) is 53.1 Å². The first-order valence-electron chi connectivity index (χ1n) is 10.3. The summed E-state index contributed by atoms with van der Waals surface area (Å²) in [6.45, 7) is 1.92. The molecule has 1 aromatic heterocycles. The van der Waals surface area contributed by atoms with Crippen LogP contribution >= 0.6 is 0 Å². The van der Waals surface area contributed by atoms with Crippen LogP contribution in [0.3, 0.4) is 0 Å². The molecule has 2 aromatic carbocycles. The SMILES string of the molecule is COCC1(Oc2cc3c(NCc4cccc(C(F)(F)F)c4F)nc(C)nc3cc2OC)CC1. The molecule has 176 valence electrons. The zero-order valence-electron chi connectivity index (χ0n) is 18.3. The molecule has 1 saturated carbocycles. The van der Waals surface area contributed by atoms with Gasteiger partial charge in [0.25, 0.3) is 0 Å². The molecule has 0 amide bonds. The Hall–Kier alpha value is -3.14. The lowest BCUT2D eigenvalue weighted by Gasteiger charge is -2.20. The number of aryl methyl sites for hydroxylation is 1. The van der Waals surface area contributed by atoms with E-state index in [9.17, 15) is 17.6 Å². The number of anilines is 1. The van der Waals surface area contributed by atoms with Crippen molar-refractivity contribution in [2.24, 2.45) is 0 Å². The van der Waals surface area contributed by atoms with Gasteiger partial charge in [-0.15, -0.1) is 0 Å². The second-order valence-electron chi connectivity index (χ2n) is 7.99. The van der Waals surface area contributed by atoms with Crippen LogP contribution in [0.15, 0.2) is 30.3 Å². The van der Waals surface area contributed by atoms with Crippen molar-refractivity contribution in [2.45, 2.75) is 38.1 Å². The maximum Gasteiger partial charge on any atom is 0.419 e. The fraction of sp³-hybridized carbons (Fsp3) is 0.391. The van der Waals surface area contributed by atoms with Crippen LogP contribution in [0.5, 0.6) is 11.5 Å². The summed E-state index contributed by atoms with van der Waals surface area (Å²) in [6, 6.07) is 6.61. The molecule has 0 saturated heterocycles. The fourth-order valence-corrected chi connectivity index (χ4v) is 3.65. The molecular formula is C23H23F4N3O3. The van der Waals surface area contributed by atoms with Gasteiger partial charge in [-0.1, -0.05) is 12.1 Å². The lowest BCUT2D eigenvalue weighted by molar-refractivity contribution is -0.140. The number of nitrogens with one attached hydrogen (secondary N) is 1. The maximum absolute atomic E-state index is 14.5. The molecule has 1 aliphatic rings. The van der Waals surface area contributed by atoms with Crippen LogP contribution in [-0.2, 0) is 17.5 Å². The molecule has 0 atom stereocenters. The molecule has 4 rings (SSSR count). The van der Waals surface area contributed by atoms with Crippen LogP contribution in [0.1, 0.15) is 29.8 Å². The molecule has 1 heterocycles. The Bertz CT molecular complexity index is 1180. The minimum Gasteiger partial charge on any atom is -0.493 e. The van der Waals surface area contributed by atoms with E-state index >= 15 is 0 Å². The average molecular weight is 465 g/mol. The molecule has 0 unspecified atom stereocenters. The molecule has 0 radical (unpaired) electrons. The lowest BCUT2D eigenvalue weighted by Crippen LogP contribution is -2.24. The van der Waals surface area contributed by atoms with Gasteiger partial charge in [-0.3, -0.25) is 0 Å². The number of benzene rings is 2. The van der Waals surface area contributed by atoms with E-state index in [0.717, 1.165) is 12.8 Å². The largest absolute Gasteiger partial charge is 0.493 e. The normalized spacial score (nSPS) is 14.9. The van der Waals surface area contributed by atoms with Gasteiger partial charge in [0.2, 0.25) is 0 Å². The molecule has 10 heteroatoms. The van der Waals surface area contributed by atoms with Crippen molar-refractivity contribution in [3.63, 3.8) is 0 Å². The molecular weight excluding hydrogens is 442 g/mol. The van der Waals surface area contributed by atoms with Gasteiger partial charge in [-0.2, -0.15) is 13.2 Å². The molecule has 0 spiro atoms. The first kappa shape index (κ1) is 23.0. The predicted octanol–water partition coefficient (Wildman–Crippen LogP) is 5.27. The van der Waals surface area contributed by atoms with E-state index in [0.29, 0.717) is 46.7 Å². The lowest BCUT2D eigenvalue weighted by atomic mass is 10.1. The molecule has 6 nitrogen and oxygen atoms in total. The standard InChI is InChI=1S/C23H23F4N3O3/c1-13-29-17-10-18(32-3)19(33-22(7-8-22)12-31-2)9-15(17)21(30-13)28-11-14-5-4-6-16(20(14)24)23(25,26)27/h4-6,9-10H,7-8,11-12H2,1-3H3,(H,28,29,30). The van der Waals surface area contributed by atoms with E-state index in [1.807, 2.05) is 0 Å². The minimum absolute atomic E-state index is 0.128. The zero-order chi connectivity index (χ0) is 23.8. The molecule has 33 heavy (non-hydrogen) atoms. The van der Waals surface area contributed by atoms with E-state index < -0.39 is 23.2 Å². The van der Waals surface area contributed by atoms with Crippen molar-refractivity contribution >= 4 is 16.7 Å². The molecule has 1 fully saturated rings. The van der Waals surface area contributed by atoms with E-state index in [-0.39, 0.29) is 12.1 Å². The number of fused-ring (bicyclic) bond motifs is 1. The van der Waals surface area contributed by atoms with Crippen LogP contribution in [0, 0.1) is 12.7 Å². The van der Waals surface area contributed by atoms with Gasteiger partial charge in [0.05, 0.1) is 24.8 Å². The highest BCUT2D eigenvalue weighted by Gasteiger charge is 2.46. The number of methoxy groups -OCH3 is 2. The third-order valence-electron chi connectivity index (χ3n) is 5.46. The van der Waals surface area contributed by atoms with Crippen molar-refractivity contribution in [2.75, 3.05) is 26.1 Å². The van der Waals surface area contributed by atoms with Gasteiger partial charge >= 0.3 is 6.18 Å². The number of nitrogens with zero attached hydrogens (tertiary/aromatic N) is 2. The quantitative estimate of drug-likeness (QED) is 0.457. The molecule has 1 N–H and O–H groups in total. The third-order valence-corrected chi connectivity index (χ3v) is 5.46. The maximum atomic E-state index is 14.5. The highest BCUT2D eigenvalue weighted by molar-refractivity contribution is 5.91. The van der Waals surface area contributed by atoms with Gasteiger partial charge < -0.3 is 19.5 Å². The Kier molecular flexibility index (Phi) is 6.04. The van der Waals surface area contributed by atoms with Crippen LogP contribution in [-0.4, -0.2) is 36.4 Å². The Labute approximate surface area is 187 Å². The molecule has 0 aliphatic heterocycles. The van der Waals surface area contributed by atoms with Crippen LogP contribution in [0.2, 0.25) is 0 Å². The first-order valence-corrected chi connectivity index (χ1v) is 10.3. The van der Waals surface area contributed by atoms with E-state index in [2.05, 4.69) is 15.3 Å². The molecule has 3 aromatic rings. The van der Waals surface area contributed by atoms with E-state index in [4.69, 9.17) is 14.2 Å². The Morgan fingerprint density at radius 1 is 1.09 bits per heavy atom. The number of ether oxygens (including phenoxy) is 3. The summed E-state index contributed by atoms with van der Waals surface area (Å²) in [5.41, 5.74) is -1.30. The zero-order valence-corrected chi connectivity index (χ0v) is 18.3. The second kappa shape index (κ2) is 8.66. The number of aromatic nitrogens is 2. The fourth-order valence-electron chi connectivity index (χ4n) is 3.65.